The molecule has 0 aliphatic carbocycles. The first-order valence-electron chi connectivity index (χ1n) is 2.78. The molecule has 0 aromatic heterocycles. The molecule has 1 rings (SSSR count). The summed E-state index contributed by atoms with van der Waals surface area (Å²) in [5, 5.41) is 8.39. The van der Waals surface area contributed by atoms with Crippen LogP contribution in [0.15, 0.2) is 30.3 Å². The Balaban J connectivity index is 2.88. The lowest BCUT2D eigenvalue weighted by Gasteiger charge is -2.04. The maximum atomic E-state index is 8.39. The average molecular weight is 150 g/mol. The van der Waals surface area contributed by atoms with Crippen LogP contribution >= 0.6 is 12.8 Å². The Kier molecular flexibility index (Phi) is 2.19. The van der Waals surface area contributed by atoms with Crippen LogP contribution < -0.4 is 4.31 Å². The summed E-state index contributed by atoms with van der Waals surface area (Å²) >= 11 is 3.89. The summed E-state index contributed by atoms with van der Waals surface area (Å²) in [6, 6.07) is 9.24. The summed E-state index contributed by atoms with van der Waals surface area (Å²) in [4.78, 5) is 0. The lowest BCUT2D eigenvalue weighted by atomic mass is 10.3. The average Bonchev–Trinajstić information content (AvgIpc) is 2.05. The molecule has 3 heteroatoms. The van der Waals surface area contributed by atoms with Crippen molar-refractivity contribution in [3.05, 3.63) is 30.3 Å². The predicted octanol–water partition coefficient (Wildman–Crippen LogP) is 1.82. The molecule has 0 spiro atoms. The van der Waals surface area contributed by atoms with Crippen molar-refractivity contribution in [2.75, 3.05) is 4.31 Å². The number of nitriles is 1. The van der Waals surface area contributed by atoms with Gasteiger partial charge in [-0.1, -0.05) is 31.0 Å². The largest absolute Gasteiger partial charge is 0.224 e. The number of rotatable bonds is 1. The van der Waals surface area contributed by atoms with Gasteiger partial charge in [-0.3, -0.25) is 0 Å². The second-order valence-electron chi connectivity index (χ2n) is 1.75. The van der Waals surface area contributed by atoms with E-state index in [2.05, 4.69) is 12.8 Å². The zero-order valence-electron chi connectivity index (χ0n) is 5.23. The van der Waals surface area contributed by atoms with Gasteiger partial charge in [-0.15, -0.1) is 0 Å². The summed E-state index contributed by atoms with van der Waals surface area (Å²) in [5.74, 6) is 0. The number of benzene rings is 1. The smallest absolute Gasteiger partial charge is 0.195 e. The van der Waals surface area contributed by atoms with E-state index in [1.54, 1.807) is 0 Å². The topological polar surface area (TPSA) is 27.0 Å². The molecule has 0 saturated heterocycles. The van der Waals surface area contributed by atoms with Crippen LogP contribution in [-0.4, -0.2) is 0 Å². The first kappa shape index (κ1) is 6.97. The van der Waals surface area contributed by atoms with Crippen molar-refractivity contribution in [1.29, 1.82) is 5.26 Å². The van der Waals surface area contributed by atoms with Gasteiger partial charge in [-0.25, -0.2) is 4.31 Å². The molecular weight excluding hydrogens is 144 g/mol. The molecule has 1 aromatic rings. The molecule has 0 aliphatic heterocycles. The Hall–Kier alpha value is -1.14. The number of hydrogen-bond donors (Lipinski definition) is 1. The first-order valence-corrected chi connectivity index (χ1v) is 3.18. The quantitative estimate of drug-likeness (QED) is 0.375. The van der Waals surface area contributed by atoms with Gasteiger partial charge in [-0.2, -0.15) is 5.26 Å². The number of para-hydroxylation sites is 1. The molecule has 0 fully saturated rings. The van der Waals surface area contributed by atoms with Crippen molar-refractivity contribution in [3.8, 4) is 6.19 Å². The normalized spacial score (nSPS) is 8.40. The third-order valence-electron chi connectivity index (χ3n) is 1.10. The highest BCUT2D eigenvalue weighted by molar-refractivity contribution is 7.82. The van der Waals surface area contributed by atoms with Gasteiger partial charge in [0.2, 0.25) is 0 Å². The van der Waals surface area contributed by atoms with E-state index in [9.17, 15) is 0 Å². The Labute approximate surface area is 65.2 Å². The zero-order chi connectivity index (χ0) is 7.40. The molecule has 10 heavy (non-hydrogen) atoms. The Bertz CT molecular complexity index is 240. The monoisotopic (exact) mass is 150 g/mol. The summed E-state index contributed by atoms with van der Waals surface area (Å²) in [5.41, 5.74) is 0.785. The molecule has 0 N–H and O–H groups in total. The molecule has 0 radical (unpaired) electrons. The minimum atomic E-state index is 0.785. The number of nitrogens with zero attached hydrogens (tertiary/aromatic N) is 2. The highest BCUT2D eigenvalue weighted by Gasteiger charge is 1.94. The predicted molar refractivity (Wildman–Crippen MR) is 43.5 cm³/mol. The minimum absolute atomic E-state index is 0.785. The zero-order valence-corrected chi connectivity index (χ0v) is 6.12. The van der Waals surface area contributed by atoms with Crippen LogP contribution in [0.5, 0.6) is 0 Å². The maximum absolute atomic E-state index is 8.39. The van der Waals surface area contributed by atoms with Gasteiger partial charge in [0.05, 0.1) is 5.69 Å². The molecule has 0 aliphatic rings. The van der Waals surface area contributed by atoms with E-state index < -0.39 is 0 Å². The molecule has 0 bridgehead atoms. The van der Waals surface area contributed by atoms with E-state index in [1.807, 2.05) is 36.5 Å². The molecule has 1 aromatic carbocycles. The number of thiol groups is 1. The van der Waals surface area contributed by atoms with Gasteiger partial charge in [0.25, 0.3) is 0 Å². The van der Waals surface area contributed by atoms with E-state index in [4.69, 9.17) is 5.26 Å². The van der Waals surface area contributed by atoms with Gasteiger partial charge in [0, 0.05) is 0 Å². The fraction of sp³-hybridized carbons (Fsp3) is 0. The van der Waals surface area contributed by atoms with Crippen molar-refractivity contribution >= 4 is 18.5 Å². The van der Waals surface area contributed by atoms with E-state index in [1.165, 1.54) is 4.31 Å². The van der Waals surface area contributed by atoms with Crippen LogP contribution in [0.2, 0.25) is 0 Å². The van der Waals surface area contributed by atoms with Gasteiger partial charge in [0.15, 0.2) is 6.19 Å². The fourth-order valence-corrected chi connectivity index (χ4v) is 0.760. The molecule has 0 amide bonds. The van der Waals surface area contributed by atoms with Crippen molar-refractivity contribution in [1.82, 2.24) is 0 Å². The molecule has 50 valence electrons. The van der Waals surface area contributed by atoms with Gasteiger partial charge < -0.3 is 0 Å². The fourth-order valence-electron chi connectivity index (χ4n) is 0.627. The summed E-state index contributed by atoms with van der Waals surface area (Å²) < 4.78 is 1.21. The molecule has 0 unspecified atom stereocenters. The van der Waals surface area contributed by atoms with Gasteiger partial charge >= 0.3 is 0 Å². The van der Waals surface area contributed by atoms with Crippen molar-refractivity contribution in [3.63, 3.8) is 0 Å². The highest BCUT2D eigenvalue weighted by atomic mass is 32.1. The van der Waals surface area contributed by atoms with Crippen LogP contribution in [-0.2, 0) is 0 Å². The first-order chi connectivity index (χ1) is 4.84. The minimum Gasteiger partial charge on any atom is -0.224 e. The second kappa shape index (κ2) is 3.14. The maximum Gasteiger partial charge on any atom is 0.195 e. The molecule has 0 heterocycles. The lowest BCUT2D eigenvalue weighted by Crippen LogP contribution is -1.98. The lowest BCUT2D eigenvalue weighted by molar-refractivity contribution is 1.40. The van der Waals surface area contributed by atoms with Crippen molar-refractivity contribution in [2.45, 2.75) is 0 Å². The SMILES string of the molecule is N#CN(S)c1ccccc1. The Morgan fingerprint density at radius 1 is 1.30 bits per heavy atom. The molecular formula is C7H6N2S. The second-order valence-corrected chi connectivity index (χ2v) is 2.15. The van der Waals surface area contributed by atoms with Crippen LogP contribution in [0.25, 0.3) is 0 Å². The third-order valence-corrected chi connectivity index (χ3v) is 1.42. The van der Waals surface area contributed by atoms with Crippen LogP contribution in [0.1, 0.15) is 0 Å². The summed E-state index contributed by atoms with van der Waals surface area (Å²) in [6.45, 7) is 0. The highest BCUT2D eigenvalue weighted by Crippen LogP contribution is 2.12. The number of anilines is 1. The Morgan fingerprint density at radius 2 is 1.90 bits per heavy atom. The summed E-state index contributed by atoms with van der Waals surface area (Å²) in [6.07, 6.45) is 1.88. The van der Waals surface area contributed by atoms with Crippen molar-refractivity contribution < 1.29 is 0 Å². The van der Waals surface area contributed by atoms with Gasteiger partial charge in [0.1, 0.15) is 0 Å². The van der Waals surface area contributed by atoms with Crippen molar-refractivity contribution in [2.24, 2.45) is 0 Å². The Morgan fingerprint density at radius 3 is 2.40 bits per heavy atom. The van der Waals surface area contributed by atoms with Gasteiger partial charge in [-0.05, 0) is 12.1 Å². The van der Waals surface area contributed by atoms with Crippen LogP contribution in [0, 0.1) is 11.5 Å². The molecule has 0 saturated carbocycles. The summed E-state index contributed by atoms with van der Waals surface area (Å²) in [7, 11) is 0. The van der Waals surface area contributed by atoms with E-state index >= 15 is 0 Å². The standard InChI is InChI=1S/C7H6N2S/c8-6-9(10)7-4-2-1-3-5-7/h1-5,10H. The van der Waals surface area contributed by atoms with E-state index in [0.717, 1.165) is 5.69 Å². The third kappa shape index (κ3) is 1.42. The van der Waals surface area contributed by atoms with E-state index in [0.29, 0.717) is 0 Å². The molecule has 2 nitrogen and oxygen atoms in total. The van der Waals surface area contributed by atoms with Crippen LogP contribution in [0.4, 0.5) is 5.69 Å². The van der Waals surface area contributed by atoms with Crippen LogP contribution in [0.3, 0.4) is 0 Å². The van der Waals surface area contributed by atoms with E-state index in [-0.39, 0.29) is 0 Å². The molecule has 0 atom stereocenters. The number of hydrogen-bond acceptors (Lipinski definition) is 3.